The van der Waals surface area contributed by atoms with Gasteiger partial charge in [-0.2, -0.15) is 0 Å². The van der Waals surface area contributed by atoms with Crippen molar-refractivity contribution in [1.29, 1.82) is 0 Å². The average Bonchev–Trinajstić information content (AvgIpc) is 3.33. The Labute approximate surface area is 423 Å². The number of carbonyl (C=O) groups excluding carboxylic acids is 1. The molecule has 0 bridgehead atoms. The van der Waals surface area contributed by atoms with E-state index in [1.165, 1.54) is 315 Å². The second kappa shape index (κ2) is 61.5. The number of hydrogen-bond acceptors (Lipinski definition) is 4. The van der Waals surface area contributed by atoms with Crippen LogP contribution >= 0.6 is 0 Å². The predicted octanol–water partition coefficient (Wildman–Crippen LogP) is 22.1. The standard InChI is InChI=1S/C63H126O4/c1-4-7-10-13-16-19-22-25-28-31-34-37-40-43-46-49-52-55-58-65-60-62(66-59-56-53-50-47-44-41-38-35-32-29-26-23-20-17-14-11-8-5-2)61-67-63(64)57-54-51-48-45-42-39-36-33-30-27-24-21-18-15-12-9-6-3/h62H,4-61H2,1-3H3/t62-/m1/s1. The zero-order valence-corrected chi connectivity index (χ0v) is 46.7. The molecule has 0 aliphatic rings. The molecule has 0 spiro atoms. The van der Waals surface area contributed by atoms with Crippen molar-refractivity contribution in [3.05, 3.63) is 0 Å². The molecule has 0 saturated carbocycles. The second-order valence-electron chi connectivity index (χ2n) is 21.7. The summed E-state index contributed by atoms with van der Waals surface area (Å²) in [4.78, 5) is 12.7. The van der Waals surface area contributed by atoms with Gasteiger partial charge in [-0.15, -0.1) is 0 Å². The lowest BCUT2D eigenvalue weighted by molar-refractivity contribution is -0.150. The normalized spacial score (nSPS) is 12.1. The van der Waals surface area contributed by atoms with Gasteiger partial charge in [-0.1, -0.05) is 342 Å². The van der Waals surface area contributed by atoms with Crippen LogP contribution in [-0.2, 0) is 19.0 Å². The maximum absolute atomic E-state index is 12.7. The number of rotatable bonds is 61. The summed E-state index contributed by atoms with van der Waals surface area (Å²) in [6.45, 7) is 9.29. The lowest BCUT2D eigenvalue weighted by atomic mass is 10.0. The highest BCUT2D eigenvalue weighted by Crippen LogP contribution is 2.18. The van der Waals surface area contributed by atoms with Crippen LogP contribution in [0.2, 0.25) is 0 Å². The van der Waals surface area contributed by atoms with Crippen LogP contribution in [0.15, 0.2) is 0 Å². The highest BCUT2D eigenvalue weighted by Gasteiger charge is 2.14. The molecule has 0 aliphatic carbocycles. The van der Waals surface area contributed by atoms with Crippen molar-refractivity contribution in [2.24, 2.45) is 0 Å². The van der Waals surface area contributed by atoms with Gasteiger partial charge in [0.2, 0.25) is 0 Å². The molecule has 0 radical (unpaired) electrons. The van der Waals surface area contributed by atoms with E-state index in [-0.39, 0.29) is 12.1 Å². The number of ether oxygens (including phenoxy) is 3. The average molecular weight is 948 g/mol. The van der Waals surface area contributed by atoms with Gasteiger partial charge >= 0.3 is 5.97 Å². The van der Waals surface area contributed by atoms with Gasteiger partial charge in [0.05, 0.1) is 6.61 Å². The van der Waals surface area contributed by atoms with Gasteiger partial charge in [0, 0.05) is 19.6 Å². The van der Waals surface area contributed by atoms with Gasteiger partial charge < -0.3 is 14.2 Å². The maximum atomic E-state index is 12.7. The van der Waals surface area contributed by atoms with E-state index in [1.807, 2.05) is 0 Å². The first-order chi connectivity index (χ1) is 33.2. The SMILES string of the molecule is CCCCCCCCCCCCCCCCCCCCOC[C@H](COC(=O)CCCCCCCCCCCCCCCCCCC)OCCCCCCCCCCCCCCCCCCCC. The summed E-state index contributed by atoms with van der Waals surface area (Å²) in [5, 5.41) is 0. The number of hydrogen-bond donors (Lipinski definition) is 0. The summed E-state index contributed by atoms with van der Waals surface area (Å²) in [6, 6.07) is 0. The fourth-order valence-corrected chi connectivity index (χ4v) is 9.97. The summed E-state index contributed by atoms with van der Waals surface area (Å²) in [5.74, 6) is -0.0637. The molecule has 0 aromatic heterocycles. The number of carbonyl (C=O) groups is 1. The molecule has 0 rings (SSSR count). The molecule has 4 heteroatoms. The molecular formula is C63H126O4. The Kier molecular flexibility index (Phi) is 60.9. The fraction of sp³-hybridized carbons (Fsp3) is 0.984. The van der Waals surface area contributed by atoms with Crippen LogP contribution in [0.5, 0.6) is 0 Å². The lowest BCUT2D eigenvalue weighted by Gasteiger charge is -2.18. The van der Waals surface area contributed by atoms with Crippen molar-refractivity contribution in [1.82, 2.24) is 0 Å². The lowest BCUT2D eigenvalue weighted by Crippen LogP contribution is -2.28. The highest BCUT2D eigenvalue weighted by atomic mass is 16.6. The molecule has 0 aromatic rings. The first kappa shape index (κ1) is 66.4. The summed E-state index contributed by atoms with van der Waals surface area (Å²) >= 11 is 0. The van der Waals surface area contributed by atoms with E-state index in [4.69, 9.17) is 14.2 Å². The van der Waals surface area contributed by atoms with Crippen LogP contribution in [-0.4, -0.2) is 38.5 Å². The Morgan fingerprint density at radius 1 is 0.269 bits per heavy atom. The molecule has 4 nitrogen and oxygen atoms in total. The molecule has 0 heterocycles. The van der Waals surface area contributed by atoms with Gasteiger partial charge in [0.1, 0.15) is 12.7 Å². The van der Waals surface area contributed by atoms with Crippen molar-refractivity contribution in [3.63, 3.8) is 0 Å². The van der Waals surface area contributed by atoms with Gasteiger partial charge in [0.15, 0.2) is 0 Å². The zero-order chi connectivity index (χ0) is 48.3. The molecule has 0 amide bonds. The van der Waals surface area contributed by atoms with Gasteiger partial charge in [-0.05, 0) is 19.3 Å². The van der Waals surface area contributed by atoms with Gasteiger partial charge in [-0.25, -0.2) is 0 Å². The van der Waals surface area contributed by atoms with E-state index in [0.29, 0.717) is 19.6 Å². The fourth-order valence-electron chi connectivity index (χ4n) is 9.97. The molecule has 0 fully saturated rings. The van der Waals surface area contributed by atoms with E-state index in [9.17, 15) is 4.79 Å². The van der Waals surface area contributed by atoms with Crippen LogP contribution in [0.4, 0.5) is 0 Å². The van der Waals surface area contributed by atoms with E-state index >= 15 is 0 Å². The van der Waals surface area contributed by atoms with Crippen LogP contribution in [0.25, 0.3) is 0 Å². The minimum absolute atomic E-state index is 0.0637. The van der Waals surface area contributed by atoms with E-state index in [0.717, 1.165) is 38.9 Å². The first-order valence-corrected chi connectivity index (χ1v) is 31.6. The van der Waals surface area contributed by atoms with Crippen molar-refractivity contribution < 1.29 is 19.0 Å². The largest absolute Gasteiger partial charge is 0.463 e. The Hall–Kier alpha value is -0.610. The molecule has 0 aromatic carbocycles. The first-order valence-electron chi connectivity index (χ1n) is 31.6. The van der Waals surface area contributed by atoms with Crippen molar-refractivity contribution in [2.45, 2.75) is 374 Å². The Bertz CT molecular complexity index is 876. The molecule has 1 atom stereocenters. The quantitative estimate of drug-likeness (QED) is 0.0450. The Balaban J connectivity index is 4.07. The topological polar surface area (TPSA) is 44.8 Å². The summed E-state index contributed by atoms with van der Waals surface area (Å²) in [6.07, 6.45) is 73.4. The summed E-state index contributed by atoms with van der Waals surface area (Å²) < 4.78 is 18.2. The predicted molar refractivity (Wildman–Crippen MR) is 298 cm³/mol. The Morgan fingerprint density at radius 3 is 0.761 bits per heavy atom. The third kappa shape index (κ3) is 59.6. The summed E-state index contributed by atoms with van der Waals surface area (Å²) in [7, 11) is 0. The van der Waals surface area contributed by atoms with Crippen LogP contribution in [0, 0.1) is 0 Å². The van der Waals surface area contributed by atoms with E-state index < -0.39 is 0 Å². The third-order valence-electron chi connectivity index (χ3n) is 14.7. The van der Waals surface area contributed by atoms with E-state index in [2.05, 4.69) is 20.8 Å². The van der Waals surface area contributed by atoms with Gasteiger partial charge in [-0.3, -0.25) is 4.79 Å². The van der Waals surface area contributed by atoms with E-state index in [1.54, 1.807) is 0 Å². The smallest absolute Gasteiger partial charge is 0.305 e. The second-order valence-corrected chi connectivity index (χ2v) is 21.7. The molecule has 0 saturated heterocycles. The van der Waals surface area contributed by atoms with Gasteiger partial charge in [0.25, 0.3) is 0 Å². The monoisotopic (exact) mass is 947 g/mol. The van der Waals surface area contributed by atoms with Crippen LogP contribution in [0.1, 0.15) is 367 Å². The minimum Gasteiger partial charge on any atom is -0.463 e. The third-order valence-corrected chi connectivity index (χ3v) is 14.7. The van der Waals surface area contributed by atoms with Crippen LogP contribution < -0.4 is 0 Å². The number of esters is 1. The maximum Gasteiger partial charge on any atom is 0.305 e. The zero-order valence-electron chi connectivity index (χ0n) is 46.7. The van der Waals surface area contributed by atoms with Crippen molar-refractivity contribution in [3.8, 4) is 0 Å². The number of unbranched alkanes of at least 4 members (excludes halogenated alkanes) is 50. The summed E-state index contributed by atoms with van der Waals surface area (Å²) in [5.41, 5.74) is 0. The Morgan fingerprint density at radius 2 is 0.493 bits per heavy atom. The molecule has 0 N–H and O–H groups in total. The molecule has 0 aliphatic heterocycles. The molecule has 402 valence electrons. The van der Waals surface area contributed by atoms with Crippen molar-refractivity contribution in [2.75, 3.05) is 26.4 Å². The molecule has 0 unspecified atom stereocenters. The van der Waals surface area contributed by atoms with Crippen molar-refractivity contribution >= 4 is 5.97 Å². The molecular weight excluding hydrogens is 821 g/mol. The minimum atomic E-state index is -0.152. The molecule has 67 heavy (non-hydrogen) atoms. The van der Waals surface area contributed by atoms with Crippen LogP contribution in [0.3, 0.4) is 0 Å². The highest BCUT2D eigenvalue weighted by molar-refractivity contribution is 5.69.